The van der Waals surface area contributed by atoms with E-state index in [2.05, 4.69) is 21.4 Å². The van der Waals surface area contributed by atoms with Crippen LogP contribution >= 0.6 is 11.6 Å². The minimum absolute atomic E-state index is 0.354. The zero-order chi connectivity index (χ0) is 17.2. The third kappa shape index (κ3) is 3.27. The first-order valence-electron chi connectivity index (χ1n) is 8.01. The molecule has 1 aromatic heterocycles. The maximum Gasteiger partial charge on any atom is 0.137 e. The molecule has 0 spiro atoms. The quantitative estimate of drug-likeness (QED) is 0.566. The molecule has 25 heavy (non-hydrogen) atoms. The maximum atomic E-state index is 10.5. The largest absolute Gasteiger partial charge is 0.387 e. The lowest BCUT2D eigenvalue weighted by Gasteiger charge is -2.14. The predicted molar refractivity (Wildman–Crippen MR) is 102 cm³/mol. The van der Waals surface area contributed by atoms with Gasteiger partial charge in [0.2, 0.25) is 0 Å². The van der Waals surface area contributed by atoms with E-state index in [1.54, 1.807) is 12.1 Å². The topological polar surface area (TPSA) is 58.0 Å². The summed E-state index contributed by atoms with van der Waals surface area (Å²) in [7, 11) is 0. The molecule has 0 aliphatic heterocycles. The number of benzene rings is 3. The van der Waals surface area contributed by atoms with Gasteiger partial charge in [0.25, 0.3) is 0 Å². The molecule has 2 N–H and O–H groups in total. The normalized spacial score (nSPS) is 12.4. The van der Waals surface area contributed by atoms with Gasteiger partial charge in [-0.05, 0) is 40.6 Å². The number of halogens is 1. The molecule has 124 valence electrons. The van der Waals surface area contributed by atoms with Crippen molar-refractivity contribution in [3.63, 3.8) is 0 Å². The second kappa shape index (κ2) is 6.67. The van der Waals surface area contributed by atoms with Crippen LogP contribution in [0.3, 0.4) is 0 Å². The highest BCUT2D eigenvalue weighted by atomic mass is 35.5. The molecule has 3 aromatic carbocycles. The van der Waals surface area contributed by atoms with Gasteiger partial charge >= 0.3 is 0 Å². The lowest BCUT2D eigenvalue weighted by Crippen LogP contribution is -2.13. The molecule has 0 saturated carbocycles. The summed E-state index contributed by atoms with van der Waals surface area (Å²) in [5.41, 5.74) is 1.64. The molecule has 0 aliphatic carbocycles. The van der Waals surface area contributed by atoms with Crippen LogP contribution in [0.25, 0.3) is 21.7 Å². The number of nitrogens with zero attached hydrogens (tertiary/aromatic N) is 2. The summed E-state index contributed by atoms with van der Waals surface area (Å²) in [4.78, 5) is 8.50. The van der Waals surface area contributed by atoms with Crippen LogP contribution in [0.15, 0.2) is 67.0 Å². The van der Waals surface area contributed by atoms with E-state index in [0.717, 1.165) is 27.2 Å². The Labute approximate surface area is 150 Å². The average Bonchev–Trinajstić information content (AvgIpc) is 2.65. The third-order valence-electron chi connectivity index (χ3n) is 4.22. The van der Waals surface area contributed by atoms with Crippen molar-refractivity contribution >= 4 is 39.1 Å². The molecule has 0 amide bonds. The molecule has 1 heterocycles. The number of aliphatic hydroxyl groups excluding tert-OH is 1. The first kappa shape index (κ1) is 15.8. The second-order valence-corrected chi connectivity index (χ2v) is 6.32. The molecule has 4 aromatic rings. The third-order valence-corrected chi connectivity index (χ3v) is 4.45. The van der Waals surface area contributed by atoms with Crippen LogP contribution in [0.1, 0.15) is 11.7 Å². The molecule has 1 atom stereocenters. The molecule has 0 radical (unpaired) electrons. The zero-order valence-corrected chi connectivity index (χ0v) is 14.1. The van der Waals surface area contributed by atoms with Gasteiger partial charge in [0.05, 0.1) is 11.6 Å². The molecular weight excluding hydrogens is 334 g/mol. The summed E-state index contributed by atoms with van der Waals surface area (Å²) in [6.45, 7) is 0.354. The van der Waals surface area contributed by atoms with Gasteiger partial charge in [-0.3, -0.25) is 0 Å². The van der Waals surface area contributed by atoms with Crippen LogP contribution in [0.4, 0.5) is 5.82 Å². The van der Waals surface area contributed by atoms with Crippen LogP contribution in [-0.4, -0.2) is 21.6 Å². The molecule has 0 fully saturated rings. The van der Waals surface area contributed by atoms with Gasteiger partial charge in [-0.2, -0.15) is 0 Å². The maximum absolute atomic E-state index is 10.5. The summed E-state index contributed by atoms with van der Waals surface area (Å²) >= 11 is 6.01. The molecule has 0 bridgehead atoms. The SMILES string of the molecule is O[C@@H](CNc1ncnc2cc(Cl)ccc12)c1ccc2ccccc2c1. The fraction of sp³-hybridized carbons (Fsp3) is 0.100. The Morgan fingerprint density at radius 3 is 2.68 bits per heavy atom. The Morgan fingerprint density at radius 2 is 1.80 bits per heavy atom. The first-order valence-corrected chi connectivity index (χ1v) is 8.39. The van der Waals surface area contributed by atoms with Gasteiger partial charge in [0.1, 0.15) is 12.1 Å². The van der Waals surface area contributed by atoms with Crippen molar-refractivity contribution in [3.8, 4) is 0 Å². The number of fused-ring (bicyclic) bond motifs is 2. The van der Waals surface area contributed by atoms with E-state index in [4.69, 9.17) is 11.6 Å². The van der Waals surface area contributed by atoms with Crippen molar-refractivity contribution < 1.29 is 5.11 Å². The zero-order valence-electron chi connectivity index (χ0n) is 13.4. The Kier molecular flexibility index (Phi) is 4.22. The lowest BCUT2D eigenvalue weighted by atomic mass is 10.0. The fourth-order valence-electron chi connectivity index (χ4n) is 2.90. The van der Waals surface area contributed by atoms with E-state index in [1.807, 2.05) is 42.5 Å². The van der Waals surface area contributed by atoms with E-state index in [0.29, 0.717) is 17.4 Å². The van der Waals surface area contributed by atoms with Crippen LogP contribution in [0.2, 0.25) is 5.02 Å². The summed E-state index contributed by atoms with van der Waals surface area (Å²) in [6, 6.07) is 19.6. The number of aliphatic hydroxyl groups is 1. The number of hydrogen-bond acceptors (Lipinski definition) is 4. The van der Waals surface area contributed by atoms with Crippen molar-refractivity contribution in [1.29, 1.82) is 0 Å². The van der Waals surface area contributed by atoms with Crippen LogP contribution in [0, 0.1) is 0 Å². The van der Waals surface area contributed by atoms with Gasteiger partial charge in [0.15, 0.2) is 0 Å². The monoisotopic (exact) mass is 349 g/mol. The summed E-state index contributed by atoms with van der Waals surface area (Å²) < 4.78 is 0. The summed E-state index contributed by atoms with van der Waals surface area (Å²) in [5.74, 6) is 0.682. The highest BCUT2D eigenvalue weighted by molar-refractivity contribution is 6.31. The van der Waals surface area contributed by atoms with Crippen LogP contribution in [0.5, 0.6) is 0 Å². The number of rotatable bonds is 4. The molecule has 4 rings (SSSR count). The molecule has 0 aliphatic rings. The van der Waals surface area contributed by atoms with E-state index in [1.165, 1.54) is 6.33 Å². The van der Waals surface area contributed by atoms with Crippen LogP contribution < -0.4 is 5.32 Å². The molecule has 0 saturated heterocycles. The van der Waals surface area contributed by atoms with Crippen molar-refractivity contribution in [1.82, 2.24) is 9.97 Å². The highest BCUT2D eigenvalue weighted by Gasteiger charge is 2.10. The van der Waals surface area contributed by atoms with E-state index in [-0.39, 0.29) is 0 Å². The van der Waals surface area contributed by atoms with Gasteiger partial charge in [-0.25, -0.2) is 9.97 Å². The van der Waals surface area contributed by atoms with Gasteiger partial charge in [-0.15, -0.1) is 0 Å². The number of nitrogens with one attached hydrogen (secondary N) is 1. The van der Waals surface area contributed by atoms with Gasteiger partial charge < -0.3 is 10.4 Å². The fourth-order valence-corrected chi connectivity index (χ4v) is 3.06. The van der Waals surface area contributed by atoms with E-state index >= 15 is 0 Å². The number of hydrogen-bond donors (Lipinski definition) is 2. The molecular formula is C20H16ClN3O. The van der Waals surface area contributed by atoms with Gasteiger partial charge in [0, 0.05) is 17.0 Å². The lowest BCUT2D eigenvalue weighted by molar-refractivity contribution is 0.191. The highest BCUT2D eigenvalue weighted by Crippen LogP contribution is 2.24. The molecule has 5 heteroatoms. The van der Waals surface area contributed by atoms with Gasteiger partial charge in [-0.1, -0.05) is 48.0 Å². The van der Waals surface area contributed by atoms with Crippen molar-refractivity contribution in [2.45, 2.75) is 6.10 Å². The Balaban J connectivity index is 1.56. The summed E-state index contributed by atoms with van der Waals surface area (Å²) in [6.07, 6.45) is 0.852. The Morgan fingerprint density at radius 1 is 0.960 bits per heavy atom. The molecule has 4 nitrogen and oxygen atoms in total. The van der Waals surface area contributed by atoms with Crippen molar-refractivity contribution in [2.24, 2.45) is 0 Å². The standard InChI is InChI=1S/C20H16ClN3O/c21-16-7-8-17-18(10-16)23-12-24-20(17)22-11-19(25)15-6-5-13-3-1-2-4-14(13)9-15/h1-10,12,19,25H,11H2,(H,22,23,24)/t19-/m0/s1. The summed E-state index contributed by atoms with van der Waals surface area (Å²) in [5, 5.41) is 17.5. The Hall–Kier alpha value is -2.69. The number of aromatic nitrogens is 2. The Bertz CT molecular complexity index is 1050. The minimum Gasteiger partial charge on any atom is -0.387 e. The van der Waals surface area contributed by atoms with Crippen LogP contribution in [-0.2, 0) is 0 Å². The smallest absolute Gasteiger partial charge is 0.137 e. The minimum atomic E-state index is -0.637. The molecule has 0 unspecified atom stereocenters. The average molecular weight is 350 g/mol. The second-order valence-electron chi connectivity index (χ2n) is 5.89. The van der Waals surface area contributed by atoms with E-state index < -0.39 is 6.10 Å². The first-order chi connectivity index (χ1) is 12.2. The predicted octanol–water partition coefficient (Wildman–Crippen LogP) is 4.58. The van der Waals surface area contributed by atoms with Crippen molar-refractivity contribution in [2.75, 3.05) is 11.9 Å². The number of anilines is 1. The van der Waals surface area contributed by atoms with Crippen molar-refractivity contribution in [3.05, 3.63) is 77.6 Å². The van der Waals surface area contributed by atoms with E-state index in [9.17, 15) is 5.11 Å².